The SMILES string of the molecule is COc1cc2c(Nc3ccc(F)c(Cl)c3)ncnc2cc1OCCCN1C[C@H](O)[C@@H](O)[C@H](O)[C@H]1CO. The first-order chi connectivity index (χ1) is 17.3. The van der Waals surface area contributed by atoms with Crippen LogP contribution in [0.15, 0.2) is 36.7 Å². The Morgan fingerprint density at radius 3 is 2.67 bits per heavy atom. The monoisotopic (exact) mass is 522 g/mol. The lowest BCUT2D eigenvalue weighted by Gasteiger charge is -2.43. The van der Waals surface area contributed by atoms with Gasteiger partial charge in [0.1, 0.15) is 30.2 Å². The third-order valence-electron chi connectivity index (χ3n) is 6.17. The van der Waals surface area contributed by atoms with Gasteiger partial charge in [0.25, 0.3) is 0 Å². The smallest absolute Gasteiger partial charge is 0.163 e. The molecule has 1 saturated heterocycles. The molecule has 0 radical (unpaired) electrons. The van der Waals surface area contributed by atoms with E-state index in [2.05, 4.69) is 15.3 Å². The molecule has 4 atom stereocenters. The van der Waals surface area contributed by atoms with Crippen molar-refractivity contribution < 1.29 is 34.3 Å². The summed E-state index contributed by atoms with van der Waals surface area (Å²) in [6, 6.07) is 7.06. The van der Waals surface area contributed by atoms with E-state index in [1.165, 1.54) is 25.6 Å². The van der Waals surface area contributed by atoms with Gasteiger partial charge in [-0.25, -0.2) is 14.4 Å². The van der Waals surface area contributed by atoms with Gasteiger partial charge in [-0.05, 0) is 30.7 Å². The van der Waals surface area contributed by atoms with Gasteiger partial charge in [0, 0.05) is 30.2 Å². The first-order valence-corrected chi connectivity index (χ1v) is 11.8. The number of halogens is 2. The highest BCUT2D eigenvalue weighted by Gasteiger charge is 2.40. The van der Waals surface area contributed by atoms with E-state index < -0.39 is 30.2 Å². The topological polar surface area (TPSA) is 140 Å². The molecule has 0 saturated carbocycles. The summed E-state index contributed by atoms with van der Waals surface area (Å²) in [7, 11) is 1.51. The second-order valence-electron chi connectivity index (χ2n) is 8.49. The summed E-state index contributed by atoms with van der Waals surface area (Å²) in [5.74, 6) is 0.882. The van der Waals surface area contributed by atoms with E-state index in [1.807, 2.05) is 0 Å². The fourth-order valence-corrected chi connectivity index (χ4v) is 4.41. The van der Waals surface area contributed by atoms with Crippen LogP contribution in [0.4, 0.5) is 15.9 Å². The Morgan fingerprint density at radius 1 is 1.14 bits per heavy atom. The average Bonchev–Trinajstić information content (AvgIpc) is 2.87. The van der Waals surface area contributed by atoms with Crippen LogP contribution in [-0.4, -0.2) is 93.1 Å². The molecule has 2 heterocycles. The number of aromatic nitrogens is 2. The van der Waals surface area contributed by atoms with Crippen LogP contribution in [0.2, 0.25) is 5.02 Å². The van der Waals surface area contributed by atoms with E-state index in [0.717, 1.165) is 0 Å². The molecule has 0 aliphatic carbocycles. The molecule has 2 aromatic carbocycles. The van der Waals surface area contributed by atoms with Crippen LogP contribution in [0.1, 0.15) is 6.42 Å². The summed E-state index contributed by atoms with van der Waals surface area (Å²) in [6.07, 6.45) is -1.72. The molecule has 10 nitrogen and oxygen atoms in total. The van der Waals surface area contributed by atoms with Gasteiger partial charge in [-0.15, -0.1) is 0 Å². The van der Waals surface area contributed by atoms with E-state index in [4.69, 9.17) is 21.1 Å². The van der Waals surface area contributed by atoms with Gasteiger partial charge in [-0.2, -0.15) is 0 Å². The number of nitrogens with one attached hydrogen (secondary N) is 1. The number of methoxy groups -OCH3 is 1. The van der Waals surface area contributed by atoms with E-state index in [9.17, 15) is 24.8 Å². The van der Waals surface area contributed by atoms with Gasteiger partial charge in [-0.3, -0.25) is 4.90 Å². The van der Waals surface area contributed by atoms with Crippen molar-refractivity contribution in [1.82, 2.24) is 14.9 Å². The minimum absolute atomic E-state index is 0.0123. The molecule has 12 heteroatoms. The van der Waals surface area contributed by atoms with Gasteiger partial charge in [0.05, 0.1) is 43.0 Å². The number of hydrogen-bond acceptors (Lipinski definition) is 10. The minimum atomic E-state index is -1.29. The van der Waals surface area contributed by atoms with Gasteiger partial charge in [0.2, 0.25) is 0 Å². The summed E-state index contributed by atoms with van der Waals surface area (Å²) in [6.45, 7) is 0.507. The molecule has 4 rings (SSSR count). The number of β-amino-alcohol motifs (C(OH)–C–C–N with tert-alkyl or cyclic N) is 1. The first-order valence-electron chi connectivity index (χ1n) is 11.4. The number of ether oxygens (including phenoxy) is 2. The zero-order valence-electron chi connectivity index (χ0n) is 19.5. The summed E-state index contributed by atoms with van der Waals surface area (Å²) in [5, 5.41) is 43.3. The van der Waals surface area contributed by atoms with Crippen molar-refractivity contribution in [1.29, 1.82) is 0 Å². The molecule has 5 N–H and O–H groups in total. The fraction of sp³-hybridized carbons (Fsp3) is 0.417. The Balaban J connectivity index is 1.45. The molecule has 1 aromatic heterocycles. The standard InChI is InChI=1S/C24H28ClFN4O6/c1-35-20-8-14-17(27-12-28-24(14)29-13-3-4-16(26)15(25)7-13)9-21(20)36-6-2-5-30-10-19(32)23(34)22(33)18(30)11-31/h3-4,7-9,12,18-19,22-23,31-34H,2,5-6,10-11H2,1H3,(H,27,28,29)/t18-,19+,22-,23-/m1/s1. The van der Waals surface area contributed by atoms with Crippen LogP contribution in [0, 0.1) is 5.82 Å². The maximum atomic E-state index is 13.5. The number of hydrogen-bond donors (Lipinski definition) is 5. The number of aliphatic hydroxyl groups is 4. The lowest BCUT2D eigenvalue weighted by molar-refractivity contribution is -0.145. The van der Waals surface area contributed by atoms with E-state index in [1.54, 1.807) is 23.1 Å². The van der Waals surface area contributed by atoms with Crippen LogP contribution >= 0.6 is 11.6 Å². The largest absolute Gasteiger partial charge is 0.493 e. The molecule has 0 amide bonds. The van der Waals surface area contributed by atoms with Gasteiger partial charge >= 0.3 is 0 Å². The van der Waals surface area contributed by atoms with Crippen LogP contribution in [-0.2, 0) is 0 Å². The Bertz CT molecular complexity index is 1200. The maximum absolute atomic E-state index is 13.5. The third-order valence-corrected chi connectivity index (χ3v) is 6.46. The molecule has 36 heavy (non-hydrogen) atoms. The van der Waals surface area contributed by atoms with Crippen molar-refractivity contribution in [3.05, 3.63) is 47.5 Å². The highest BCUT2D eigenvalue weighted by molar-refractivity contribution is 6.31. The molecule has 0 bridgehead atoms. The average molecular weight is 523 g/mol. The Labute approximate surface area is 211 Å². The highest BCUT2D eigenvalue weighted by Crippen LogP contribution is 2.35. The summed E-state index contributed by atoms with van der Waals surface area (Å²) >= 11 is 5.88. The maximum Gasteiger partial charge on any atom is 0.163 e. The number of likely N-dealkylation sites (tertiary alicyclic amines) is 1. The molecule has 1 fully saturated rings. The van der Waals surface area contributed by atoms with E-state index in [-0.39, 0.29) is 24.8 Å². The molecule has 194 valence electrons. The lowest BCUT2D eigenvalue weighted by atomic mass is 9.94. The van der Waals surface area contributed by atoms with Crippen LogP contribution in [0.3, 0.4) is 0 Å². The fourth-order valence-electron chi connectivity index (χ4n) is 4.23. The van der Waals surface area contributed by atoms with E-state index in [0.29, 0.717) is 46.9 Å². The van der Waals surface area contributed by atoms with Crippen molar-refractivity contribution in [2.75, 3.05) is 38.7 Å². The van der Waals surface area contributed by atoms with Gasteiger partial charge in [0.15, 0.2) is 11.5 Å². The lowest BCUT2D eigenvalue weighted by Crippen LogP contribution is -2.62. The number of fused-ring (bicyclic) bond motifs is 1. The van der Waals surface area contributed by atoms with Crippen molar-refractivity contribution in [3.63, 3.8) is 0 Å². The number of benzene rings is 2. The van der Waals surface area contributed by atoms with Gasteiger partial charge in [-0.1, -0.05) is 11.6 Å². The molecular weight excluding hydrogens is 495 g/mol. The zero-order chi connectivity index (χ0) is 25.8. The quantitative estimate of drug-likeness (QED) is 0.264. The van der Waals surface area contributed by atoms with Crippen LogP contribution < -0.4 is 14.8 Å². The summed E-state index contributed by atoms with van der Waals surface area (Å²) < 4.78 is 24.9. The minimum Gasteiger partial charge on any atom is -0.493 e. The van der Waals surface area contributed by atoms with Crippen LogP contribution in [0.5, 0.6) is 11.5 Å². The normalized spacial score (nSPS) is 22.5. The molecule has 0 unspecified atom stereocenters. The molecule has 1 aliphatic heterocycles. The Kier molecular flexibility index (Phi) is 8.39. The number of piperidine rings is 1. The number of anilines is 2. The van der Waals surface area contributed by atoms with Gasteiger partial charge < -0.3 is 35.2 Å². The number of rotatable bonds is 9. The highest BCUT2D eigenvalue weighted by atomic mass is 35.5. The molecular formula is C24H28ClFN4O6. The Morgan fingerprint density at radius 2 is 1.94 bits per heavy atom. The van der Waals surface area contributed by atoms with E-state index >= 15 is 0 Å². The van der Waals surface area contributed by atoms with Crippen LogP contribution in [0.25, 0.3) is 10.9 Å². The first kappa shape index (κ1) is 26.3. The summed E-state index contributed by atoms with van der Waals surface area (Å²) in [5.41, 5.74) is 1.15. The second kappa shape index (κ2) is 11.5. The molecule has 0 spiro atoms. The van der Waals surface area contributed by atoms with Crippen molar-refractivity contribution >= 4 is 34.0 Å². The van der Waals surface area contributed by atoms with Crippen molar-refractivity contribution in [3.8, 4) is 11.5 Å². The predicted molar refractivity (Wildman–Crippen MR) is 131 cm³/mol. The number of aliphatic hydroxyl groups excluding tert-OH is 4. The summed E-state index contributed by atoms with van der Waals surface area (Å²) in [4.78, 5) is 10.3. The predicted octanol–water partition coefficient (Wildman–Crippen LogP) is 1.70. The molecule has 3 aromatic rings. The second-order valence-corrected chi connectivity index (χ2v) is 8.90. The van der Waals surface area contributed by atoms with Crippen molar-refractivity contribution in [2.24, 2.45) is 0 Å². The Hall–Kier alpha value is -2.80. The third kappa shape index (κ3) is 5.61. The molecule has 1 aliphatic rings. The number of nitrogens with zero attached hydrogens (tertiary/aromatic N) is 3. The zero-order valence-corrected chi connectivity index (χ0v) is 20.3. The van der Waals surface area contributed by atoms with Crippen molar-refractivity contribution in [2.45, 2.75) is 30.8 Å².